The Kier molecular flexibility index (Phi) is 4.20. The largest absolute Gasteiger partial charge is 0.373 e. The van der Waals surface area contributed by atoms with Gasteiger partial charge in [0, 0.05) is 38.9 Å². The van der Waals surface area contributed by atoms with Crippen LogP contribution in [0.1, 0.15) is 37.8 Å². The van der Waals surface area contributed by atoms with Gasteiger partial charge in [-0.25, -0.2) is 0 Å². The molecule has 3 heterocycles. The number of likely N-dealkylation sites (tertiary alicyclic amines) is 1. The zero-order chi connectivity index (χ0) is 15.9. The Morgan fingerprint density at radius 3 is 3.04 bits per heavy atom. The van der Waals surface area contributed by atoms with Gasteiger partial charge in [0.15, 0.2) is 0 Å². The van der Waals surface area contributed by atoms with Crippen LogP contribution in [0.25, 0.3) is 0 Å². The molecule has 2 saturated heterocycles. The first-order valence-electron chi connectivity index (χ1n) is 9.17. The lowest BCUT2D eigenvalue weighted by Gasteiger charge is -2.39. The quantitative estimate of drug-likeness (QED) is 0.830. The highest BCUT2D eigenvalue weighted by Crippen LogP contribution is 2.39. The van der Waals surface area contributed by atoms with Crippen molar-refractivity contribution in [2.24, 2.45) is 13.0 Å². The van der Waals surface area contributed by atoms with E-state index in [2.05, 4.69) is 28.0 Å². The van der Waals surface area contributed by atoms with Gasteiger partial charge in [0.1, 0.15) is 0 Å². The molecule has 3 fully saturated rings. The third-order valence-electron chi connectivity index (χ3n) is 5.78. The van der Waals surface area contributed by atoms with Crippen LogP contribution < -0.4 is 0 Å². The van der Waals surface area contributed by atoms with Crippen molar-refractivity contribution >= 4 is 0 Å². The van der Waals surface area contributed by atoms with Gasteiger partial charge in [-0.1, -0.05) is 0 Å². The molecule has 2 atom stereocenters. The van der Waals surface area contributed by atoms with Gasteiger partial charge in [-0.3, -0.25) is 9.58 Å². The van der Waals surface area contributed by atoms with E-state index < -0.39 is 0 Å². The molecular weight excluding hydrogens is 288 g/mol. The number of hydrogen-bond donors (Lipinski definition) is 0. The van der Waals surface area contributed by atoms with Gasteiger partial charge < -0.3 is 9.64 Å². The minimum atomic E-state index is 0.113. The van der Waals surface area contributed by atoms with Crippen LogP contribution in [0.3, 0.4) is 0 Å². The van der Waals surface area contributed by atoms with E-state index in [4.69, 9.17) is 4.74 Å². The second-order valence-electron chi connectivity index (χ2n) is 8.03. The SMILES string of the molecule is CN(CC1COC2(CCCN(Cc3ccn(C)n3)C2)C1)C1CC1. The first-order valence-corrected chi connectivity index (χ1v) is 9.17. The van der Waals surface area contributed by atoms with Gasteiger partial charge in [0.05, 0.1) is 17.9 Å². The van der Waals surface area contributed by atoms with Crippen LogP contribution in [0.15, 0.2) is 12.3 Å². The Morgan fingerprint density at radius 1 is 1.43 bits per heavy atom. The number of ether oxygens (including phenoxy) is 1. The van der Waals surface area contributed by atoms with E-state index >= 15 is 0 Å². The lowest BCUT2D eigenvalue weighted by atomic mass is 9.86. The fourth-order valence-electron chi connectivity index (χ4n) is 4.51. The van der Waals surface area contributed by atoms with Crippen LogP contribution in [0.5, 0.6) is 0 Å². The summed E-state index contributed by atoms with van der Waals surface area (Å²) in [5, 5.41) is 4.53. The first kappa shape index (κ1) is 15.6. The zero-order valence-corrected chi connectivity index (χ0v) is 14.6. The molecule has 1 spiro atoms. The lowest BCUT2D eigenvalue weighted by Crippen LogP contribution is -2.47. The van der Waals surface area contributed by atoms with Crippen LogP contribution in [0, 0.1) is 5.92 Å². The van der Waals surface area contributed by atoms with Crippen molar-refractivity contribution < 1.29 is 4.74 Å². The molecule has 4 rings (SSSR count). The Bertz CT molecular complexity index is 541. The summed E-state index contributed by atoms with van der Waals surface area (Å²) < 4.78 is 8.27. The van der Waals surface area contributed by atoms with E-state index in [0.717, 1.165) is 31.7 Å². The maximum absolute atomic E-state index is 6.37. The average molecular weight is 318 g/mol. The number of nitrogens with zero attached hydrogens (tertiary/aromatic N) is 4. The Hall–Kier alpha value is -0.910. The van der Waals surface area contributed by atoms with Crippen molar-refractivity contribution in [1.82, 2.24) is 19.6 Å². The predicted molar refractivity (Wildman–Crippen MR) is 90.2 cm³/mol. The summed E-state index contributed by atoms with van der Waals surface area (Å²) in [5.41, 5.74) is 1.29. The van der Waals surface area contributed by atoms with Gasteiger partial charge >= 0.3 is 0 Å². The summed E-state index contributed by atoms with van der Waals surface area (Å²) in [4.78, 5) is 5.10. The highest BCUT2D eigenvalue weighted by atomic mass is 16.5. The number of aryl methyl sites for hydroxylation is 1. The number of rotatable bonds is 5. The van der Waals surface area contributed by atoms with Crippen LogP contribution in [-0.2, 0) is 18.3 Å². The summed E-state index contributed by atoms with van der Waals surface area (Å²) in [6.07, 6.45) is 8.54. The van der Waals surface area contributed by atoms with Crippen LogP contribution in [-0.4, -0.2) is 64.5 Å². The summed E-state index contributed by atoms with van der Waals surface area (Å²) in [5.74, 6) is 0.718. The second-order valence-corrected chi connectivity index (χ2v) is 8.03. The Balaban J connectivity index is 1.33. The van der Waals surface area contributed by atoms with E-state index in [9.17, 15) is 0 Å². The molecule has 1 aromatic rings. The molecule has 0 N–H and O–H groups in total. The standard InChI is InChI=1S/C18H30N4O/c1-20(17-4-5-17)11-15-10-18(23-13-15)7-3-8-22(14-18)12-16-6-9-21(2)19-16/h6,9,15,17H,3-5,7-8,10-14H2,1-2H3. The molecule has 2 unspecified atom stereocenters. The molecule has 5 heteroatoms. The molecule has 0 amide bonds. The van der Waals surface area contributed by atoms with Crippen molar-refractivity contribution in [1.29, 1.82) is 0 Å². The summed E-state index contributed by atoms with van der Waals surface area (Å²) in [6.45, 7) is 5.38. The molecule has 0 aromatic carbocycles. The number of hydrogen-bond acceptors (Lipinski definition) is 4. The highest BCUT2D eigenvalue weighted by molar-refractivity contribution is 5.01. The van der Waals surface area contributed by atoms with Crippen molar-refractivity contribution in [2.45, 2.75) is 50.3 Å². The molecule has 128 valence electrons. The third kappa shape index (κ3) is 3.62. The highest BCUT2D eigenvalue weighted by Gasteiger charge is 2.44. The fourth-order valence-corrected chi connectivity index (χ4v) is 4.51. The van der Waals surface area contributed by atoms with Crippen molar-refractivity contribution in [3.63, 3.8) is 0 Å². The monoisotopic (exact) mass is 318 g/mol. The predicted octanol–water partition coefficient (Wildman–Crippen LogP) is 1.89. The van der Waals surface area contributed by atoms with Crippen LogP contribution in [0.4, 0.5) is 0 Å². The van der Waals surface area contributed by atoms with Gasteiger partial charge in [0.25, 0.3) is 0 Å². The van der Waals surface area contributed by atoms with Crippen LogP contribution >= 0.6 is 0 Å². The third-order valence-corrected chi connectivity index (χ3v) is 5.78. The van der Waals surface area contributed by atoms with Crippen molar-refractivity contribution in [3.8, 4) is 0 Å². The van der Waals surface area contributed by atoms with Crippen LogP contribution in [0.2, 0.25) is 0 Å². The molecule has 3 aliphatic rings. The summed E-state index contributed by atoms with van der Waals surface area (Å²) >= 11 is 0. The van der Waals surface area contributed by atoms with Gasteiger partial charge in [0.2, 0.25) is 0 Å². The molecule has 2 aliphatic heterocycles. The number of piperidine rings is 1. The second kappa shape index (κ2) is 6.19. The van der Waals surface area contributed by atoms with Gasteiger partial charge in [-0.2, -0.15) is 5.10 Å². The summed E-state index contributed by atoms with van der Waals surface area (Å²) in [7, 11) is 4.28. The van der Waals surface area contributed by atoms with Crippen molar-refractivity contribution in [2.75, 3.05) is 33.3 Å². The molecule has 1 aliphatic carbocycles. The van der Waals surface area contributed by atoms with E-state index in [1.54, 1.807) is 0 Å². The first-order chi connectivity index (χ1) is 11.1. The normalized spacial score (nSPS) is 32.2. The minimum Gasteiger partial charge on any atom is -0.373 e. The fraction of sp³-hybridized carbons (Fsp3) is 0.833. The molecule has 23 heavy (non-hydrogen) atoms. The maximum atomic E-state index is 6.37. The number of aromatic nitrogens is 2. The minimum absolute atomic E-state index is 0.113. The molecule has 1 aromatic heterocycles. The smallest absolute Gasteiger partial charge is 0.0813 e. The molecular formula is C18H30N4O. The van der Waals surface area contributed by atoms with Gasteiger partial charge in [-0.05, 0) is 57.7 Å². The molecule has 5 nitrogen and oxygen atoms in total. The lowest BCUT2D eigenvalue weighted by molar-refractivity contribution is -0.0538. The van der Waals surface area contributed by atoms with Gasteiger partial charge in [-0.15, -0.1) is 0 Å². The Morgan fingerprint density at radius 2 is 2.30 bits per heavy atom. The van der Waals surface area contributed by atoms with E-state index in [1.807, 2.05) is 17.9 Å². The molecule has 0 radical (unpaired) electrons. The average Bonchev–Trinajstić information content (AvgIpc) is 3.21. The molecule has 0 bridgehead atoms. The summed E-state index contributed by atoms with van der Waals surface area (Å²) in [6, 6.07) is 2.99. The van der Waals surface area contributed by atoms with E-state index in [-0.39, 0.29) is 5.60 Å². The van der Waals surface area contributed by atoms with E-state index in [1.165, 1.54) is 50.9 Å². The Labute approximate surface area is 139 Å². The van der Waals surface area contributed by atoms with Crippen molar-refractivity contribution in [3.05, 3.63) is 18.0 Å². The van der Waals surface area contributed by atoms with E-state index in [0.29, 0.717) is 0 Å². The topological polar surface area (TPSA) is 33.5 Å². The maximum Gasteiger partial charge on any atom is 0.0813 e. The zero-order valence-electron chi connectivity index (χ0n) is 14.6. The molecule has 1 saturated carbocycles.